The summed E-state index contributed by atoms with van der Waals surface area (Å²) in [6.45, 7) is 0. The van der Waals surface area contributed by atoms with Gasteiger partial charge in [0.25, 0.3) is 0 Å². The normalized spacial score (nSPS) is 3.47. The predicted octanol–water partition coefficient (Wildman–Crippen LogP) is 0.231. The molecule has 0 amide bonds. The molecule has 0 N–H and O–H groups in total. The fraction of sp³-hybridized carbons (Fsp3) is 0. The second-order valence-electron chi connectivity index (χ2n) is 2.02. The molecule has 0 rings (SSSR count). The first-order chi connectivity index (χ1) is 8.91. The monoisotopic (exact) mass is 268 g/mol. The largest absolute Gasteiger partial charge is 0.358 e. The molecule has 0 saturated heterocycles. The number of hydrogen-bond donors (Lipinski definition) is 0. The topological polar surface area (TPSA) is 0 Å². The molecule has 0 bridgehead atoms. The molecule has 0 aromatic heterocycles. The average molecular weight is 268 g/mol. The van der Waals surface area contributed by atoms with Gasteiger partial charge in [-0.05, 0) is 77.0 Å². The summed E-state index contributed by atoms with van der Waals surface area (Å²) in [5.74, 6) is 37.6. The van der Waals surface area contributed by atoms with Crippen LogP contribution in [0.15, 0.2) is 0 Å². The van der Waals surface area contributed by atoms with Crippen molar-refractivity contribution in [3.05, 3.63) is 6.42 Å². The Labute approximate surface area is 126 Å². The fourth-order valence-corrected chi connectivity index (χ4v) is 0.442. The van der Waals surface area contributed by atoms with E-state index in [0.29, 0.717) is 0 Å². The molecule has 0 aromatic carbocycles. The third-order valence-corrected chi connectivity index (χ3v) is 0.947. The van der Waals surface area contributed by atoms with Crippen molar-refractivity contribution >= 4 is 0 Å². The Kier molecular flexibility index (Phi) is 16.1. The van der Waals surface area contributed by atoms with Crippen molar-refractivity contribution in [2.45, 2.75) is 0 Å². The van der Waals surface area contributed by atoms with Gasteiger partial charge >= 0.3 is 0 Å². The summed E-state index contributed by atoms with van der Waals surface area (Å²) < 4.78 is 0. The summed E-state index contributed by atoms with van der Waals surface area (Å²) in [6.07, 6.45) is 11.4. The zero-order valence-corrected chi connectivity index (χ0v) is 10.9. The summed E-state index contributed by atoms with van der Waals surface area (Å²) in [6, 6.07) is 0. The summed E-state index contributed by atoms with van der Waals surface area (Å²) >= 11 is 0. The third kappa shape index (κ3) is 17.2. The first-order valence-electron chi connectivity index (χ1n) is 4.29. The first-order valence-corrected chi connectivity index (χ1v) is 4.29. The van der Waals surface area contributed by atoms with Crippen molar-refractivity contribution in [2.24, 2.45) is 0 Å². The Morgan fingerprint density at radius 2 is 0.737 bits per heavy atom. The molecule has 0 atom stereocenters. The van der Waals surface area contributed by atoms with E-state index in [1.807, 2.05) is 5.92 Å². The summed E-state index contributed by atoms with van der Waals surface area (Å²) in [5.41, 5.74) is 0. The zero-order chi connectivity index (χ0) is 13.3. The van der Waals surface area contributed by atoms with Gasteiger partial charge in [0, 0.05) is 18.6 Å². The van der Waals surface area contributed by atoms with E-state index in [4.69, 9.17) is 12.8 Å². The van der Waals surface area contributed by atoms with Crippen molar-refractivity contribution in [1.82, 2.24) is 0 Å². The van der Waals surface area contributed by atoms with E-state index in [0.717, 1.165) is 0 Å². The van der Waals surface area contributed by atoms with Gasteiger partial charge in [-0.3, -0.25) is 5.92 Å². The van der Waals surface area contributed by atoms with Crippen LogP contribution in [0, 0.1) is 108 Å². The average Bonchev–Trinajstić information content (AvgIpc) is 2.39. The molecule has 0 saturated carbocycles. The Bertz CT molecular complexity index is 749. The van der Waals surface area contributed by atoms with Gasteiger partial charge in [-0.15, -0.1) is 12.3 Å². The molecule has 0 heterocycles. The summed E-state index contributed by atoms with van der Waals surface area (Å²) in [5, 5.41) is 0. The maximum atomic E-state index is 6.47. The van der Waals surface area contributed by atoms with Gasteiger partial charge in [-0.2, -0.15) is 0 Å². The van der Waals surface area contributed by atoms with Crippen LogP contribution in [0.2, 0.25) is 0 Å². The van der Waals surface area contributed by atoms with Crippen molar-refractivity contribution in [1.29, 1.82) is 0 Å². The number of hydrogen-bond acceptors (Lipinski definition) is 0. The smallest absolute Gasteiger partial charge is 0 e. The SMILES string of the molecule is [C-]#CC#CC#CC#CC#CC#CC#CC#CC#C.[V]. The van der Waals surface area contributed by atoms with E-state index < -0.39 is 0 Å². The van der Waals surface area contributed by atoms with Crippen LogP contribution in [0.5, 0.6) is 0 Å². The third-order valence-electron chi connectivity index (χ3n) is 0.947. The van der Waals surface area contributed by atoms with E-state index >= 15 is 0 Å². The predicted molar refractivity (Wildman–Crippen MR) is 70.4 cm³/mol. The van der Waals surface area contributed by atoms with Crippen LogP contribution >= 0.6 is 0 Å². The van der Waals surface area contributed by atoms with E-state index in [1.165, 1.54) is 0 Å². The molecular weight excluding hydrogens is 267 g/mol. The summed E-state index contributed by atoms with van der Waals surface area (Å²) in [4.78, 5) is 0. The second kappa shape index (κ2) is 17.0. The molecule has 1 heteroatoms. The first kappa shape index (κ1) is 18.0. The van der Waals surface area contributed by atoms with Crippen LogP contribution < -0.4 is 0 Å². The van der Waals surface area contributed by atoms with Crippen LogP contribution in [-0.4, -0.2) is 0 Å². The Hall–Kier alpha value is -3.38. The number of rotatable bonds is 0. The van der Waals surface area contributed by atoms with Crippen LogP contribution in [-0.2, 0) is 18.6 Å². The van der Waals surface area contributed by atoms with Crippen molar-refractivity contribution in [2.75, 3.05) is 0 Å². The molecule has 1 radical (unpaired) electrons. The minimum Gasteiger partial charge on any atom is -0.358 e. The van der Waals surface area contributed by atoms with Gasteiger partial charge in [-0.1, -0.05) is 0 Å². The van der Waals surface area contributed by atoms with Gasteiger partial charge < -0.3 is 6.42 Å². The molecule has 0 aromatic rings. The molecule has 0 fully saturated rings. The quantitative estimate of drug-likeness (QED) is 0.436. The molecule has 0 unspecified atom stereocenters. The van der Waals surface area contributed by atoms with Gasteiger partial charge in [0.1, 0.15) is 0 Å². The Morgan fingerprint density at radius 1 is 0.474 bits per heavy atom. The van der Waals surface area contributed by atoms with Gasteiger partial charge in [0.05, 0.1) is 0 Å². The molecule has 0 aliphatic rings. The molecular formula is C18HV-. The minimum absolute atomic E-state index is 0. The van der Waals surface area contributed by atoms with Crippen LogP contribution in [0.3, 0.4) is 0 Å². The Balaban J connectivity index is 0. The van der Waals surface area contributed by atoms with E-state index in [9.17, 15) is 0 Å². The van der Waals surface area contributed by atoms with Crippen molar-refractivity contribution in [3.63, 3.8) is 0 Å². The minimum atomic E-state index is 0. The maximum absolute atomic E-state index is 6.47. The fourth-order valence-electron chi connectivity index (χ4n) is 0.442. The maximum Gasteiger partial charge on any atom is 0 e. The van der Waals surface area contributed by atoms with Gasteiger partial charge in [0.2, 0.25) is 0 Å². The molecule has 0 nitrogen and oxygen atoms in total. The van der Waals surface area contributed by atoms with Gasteiger partial charge in [-0.25, -0.2) is 5.92 Å². The molecule has 19 heavy (non-hydrogen) atoms. The number of terminal acetylenes is 1. The van der Waals surface area contributed by atoms with E-state index in [-0.39, 0.29) is 18.6 Å². The standard InChI is InChI=1S/C18H.V/c1-3-5-7-9-11-13-15-17-18-16-14-12-10-8-6-4-2;/h1H;/q-1;. The molecule has 0 aliphatic heterocycles. The second-order valence-corrected chi connectivity index (χ2v) is 2.02. The van der Waals surface area contributed by atoms with Gasteiger partial charge in [0.15, 0.2) is 0 Å². The summed E-state index contributed by atoms with van der Waals surface area (Å²) in [7, 11) is 0. The van der Waals surface area contributed by atoms with Crippen molar-refractivity contribution in [3.8, 4) is 101 Å². The Morgan fingerprint density at radius 3 is 1.00 bits per heavy atom. The molecule has 0 aliphatic carbocycles. The van der Waals surface area contributed by atoms with Crippen molar-refractivity contribution < 1.29 is 18.6 Å². The molecule has 79 valence electrons. The van der Waals surface area contributed by atoms with Crippen LogP contribution in [0.1, 0.15) is 0 Å². The van der Waals surface area contributed by atoms with E-state index in [2.05, 4.69) is 88.8 Å². The van der Waals surface area contributed by atoms with Crippen LogP contribution in [0.25, 0.3) is 0 Å². The zero-order valence-electron chi connectivity index (χ0n) is 9.52. The van der Waals surface area contributed by atoms with Crippen LogP contribution in [0.4, 0.5) is 0 Å². The van der Waals surface area contributed by atoms with E-state index in [1.54, 1.807) is 0 Å². The molecule has 0 spiro atoms.